The number of ether oxygens (including phenoxy) is 2. The highest BCUT2D eigenvalue weighted by Crippen LogP contribution is 2.47. The molecular formula is C47H81O14P. The van der Waals surface area contributed by atoms with Gasteiger partial charge in [0.2, 0.25) is 0 Å². The molecule has 1 rings (SSSR count). The van der Waals surface area contributed by atoms with Crippen LogP contribution in [0.25, 0.3) is 0 Å². The molecule has 0 aromatic carbocycles. The molecule has 3 unspecified atom stereocenters. The van der Waals surface area contributed by atoms with Gasteiger partial charge in [-0.1, -0.05) is 139 Å². The highest BCUT2D eigenvalue weighted by atomic mass is 31.2. The number of hydrogen-bond donors (Lipinski definition) is 7. The molecule has 1 aliphatic carbocycles. The molecule has 15 heteroatoms. The van der Waals surface area contributed by atoms with E-state index in [1.54, 1.807) is 0 Å². The fourth-order valence-electron chi connectivity index (χ4n) is 6.59. The Bertz CT molecular complexity index is 1330. The summed E-state index contributed by atoms with van der Waals surface area (Å²) in [5, 5.41) is 59.9. The van der Waals surface area contributed by atoms with Crippen molar-refractivity contribution in [2.75, 3.05) is 13.2 Å². The molecule has 0 aromatic rings. The van der Waals surface area contributed by atoms with E-state index in [0.29, 0.717) is 19.3 Å². The molecular weight excluding hydrogens is 819 g/mol. The molecule has 7 N–H and O–H groups in total. The van der Waals surface area contributed by atoms with Crippen LogP contribution in [0.15, 0.2) is 60.8 Å². The zero-order valence-electron chi connectivity index (χ0n) is 37.5. The average molecular weight is 901 g/mol. The quantitative estimate of drug-likeness (QED) is 0.0136. The highest BCUT2D eigenvalue weighted by molar-refractivity contribution is 7.47. The number of carbonyl (C=O) groups excluding carboxylic acids is 2. The Labute approximate surface area is 371 Å². The molecule has 0 radical (unpaired) electrons. The van der Waals surface area contributed by atoms with E-state index in [0.717, 1.165) is 77.0 Å². The first-order chi connectivity index (χ1) is 29.8. The fraction of sp³-hybridized carbons (Fsp3) is 0.745. The van der Waals surface area contributed by atoms with Crippen molar-refractivity contribution < 1.29 is 68.2 Å². The lowest BCUT2D eigenvalue weighted by molar-refractivity contribution is -0.220. The van der Waals surface area contributed by atoms with Crippen LogP contribution in [0.3, 0.4) is 0 Å². The van der Waals surface area contributed by atoms with Crippen molar-refractivity contribution in [2.45, 2.75) is 210 Å². The molecule has 1 saturated carbocycles. The number of hydrogen-bond acceptors (Lipinski definition) is 13. The topological polar surface area (TPSA) is 230 Å². The zero-order valence-corrected chi connectivity index (χ0v) is 38.4. The van der Waals surface area contributed by atoms with E-state index in [-0.39, 0.29) is 18.9 Å². The van der Waals surface area contributed by atoms with Crippen LogP contribution >= 0.6 is 7.82 Å². The third-order valence-corrected chi connectivity index (χ3v) is 11.4. The molecule has 14 nitrogen and oxygen atoms in total. The molecule has 0 aliphatic heterocycles. The lowest BCUT2D eigenvalue weighted by Crippen LogP contribution is -2.64. The molecule has 0 saturated heterocycles. The predicted molar refractivity (Wildman–Crippen MR) is 241 cm³/mol. The normalized spacial score (nSPS) is 22.9. The summed E-state index contributed by atoms with van der Waals surface area (Å²) in [5.41, 5.74) is 0. The van der Waals surface area contributed by atoms with E-state index in [1.807, 2.05) is 30.4 Å². The van der Waals surface area contributed by atoms with Crippen LogP contribution in [-0.2, 0) is 32.7 Å². The van der Waals surface area contributed by atoms with Crippen molar-refractivity contribution in [1.29, 1.82) is 0 Å². The molecule has 0 spiro atoms. The number of allylic oxidation sites excluding steroid dienone is 9. The number of aliphatic hydroxyl groups excluding tert-OH is 6. The van der Waals surface area contributed by atoms with E-state index >= 15 is 0 Å². The van der Waals surface area contributed by atoms with Gasteiger partial charge in [0.05, 0.1) is 12.7 Å². The lowest BCUT2D eigenvalue weighted by Gasteiger charge is -2.41. The summed E-state index contributed by atoms with van der Waals surface area (Å²) in [6.07, 6.45) is 27.5. The van der Waals surface area contributed by atoms with Crippen molar-refractivity contribution in [3.63, 3.8) is 0 Å². The van der Waals surface area contributed by atoms with Gasteiger partial charge >= 0.3 is 19.8 Å². The van der Waals surface area contributed by atoms with Crippen molar-refractivity contribution in [2.24, 2.45) is 0 Å². The summed E-state index contributed by atoms with van der Waals surface area (Å²) in [5.74, 6) is -1.20. The molecule has 62 heavy (non-hydrogen) atoms. The number of carbonyl (C=O) groups is 2. The second-order valence-electron chi connectivity index (χ2n) is 16.1. The first kappa shape index (κ1) is 57.5. The Balaban J connectivity index is 2.52. The maximum absolute atomic E-state index is 12.8. The Morgan fingerprint density at radius 1 is 0.565 bits per heavy atom. The maximum Gasteiger partial charge on any atom is 0.472 e. The lowest BCUT2D eigenvalue weighted by atomic mass is 9.85. The molecule has 358 valence electrons. The number of phosphoric ester groups is 1. The first-order valence-corrected chi connectivity index (χ1v) is 24.7. The smallest absolute Gasteiger partial charge is 0.462 e. The maximum atomic E-state index is 12.8. The molecule has 0 heterocycles. The van der Waals surface area contributed by atoms with Gasteiger partial charge in [0.25, 0.3) is 0 Å². The van der Waals surface area contributed by atoms with Gasteiger partial charge in [-0.15, -0.1) is 0 Å². The van der Waals surface area contributed by atoms with Gasteiger partial charge in [-0.05, 0) is 70.6 Å². The summed E-state index contributed by atoms with van der Waals surface area (Å²) in [4.78, 5) is 35.7. The second-order valence-corrected chi connectivity index (χ2v) is 17.5. The Morgan fingerprint density at radius 2 is 1.03 bits per heavy atom. The minimum atomic E-state index is -5.14. The molecule has 0 bridgehead atoms. The standard InChI is InChI=1S/C47H81O14P/c1-3-5-7-8-9-10-11-12-13-14-19-22-25-28-31-35-41(50)60-39(37-59-62(56,57)61-47-45(54)43(52)42(51)44(53)46(47)55)36-58-40(49)34-30-27-24-21-18-16-15-17-20-23-26-29-33-38(48)32-6-4-2/h12-13,15-16,20-21,23-24,29,33,38-39,42-48,51-55H,3-11,14,17-19,22,25-28,30-32,34-37H2,1-2H3,(H,56,57)/b13-12-,16-15-,23-20-,24-21-,33-29-/t38-,39+,42?,43-,44+,45+,46+,47?/m0/s1. The van der Waals surface area contributed by atoms with Crippen molar-refractivity contribution in [3.8, 4) is 0 Å². The van der Waals surface area contributed by atoms with E-state index in [1.165, 1.54) is 38.5 Å². The summed E-state index contributed by atoms with van der Waals surface area (Å²) in [6, 6.07) is 0. The van der Waals surface area contributed by atoms with Crippen molar-refractivity contribution in [3.05, 3.63) is 60.8 Å². The molecule has 0 aromatic heterocycles. The highest BCUT2D eigenvalue weighted by Gasteiger charge is 2.51. The predicted octanol–water partition coefficient (Wildman–Crippen LogP) is 7.92. The van der Waals surface area contributed by atoms with Gasteiger partial charge in [-0.3, -0.25) is 18.6 Å². The Hall–Kier alpha value is -2.49. The van der Waals surface area contributed by atoms with Gasteiger partial charge in [-0.25, -0.2) is 4.57 Å². The van der Waals surface area contributed by atoms with Gasteiger partial charge < -0.3 is 45.0 Å². The van der Waals surface area contributed by atoms with Crippen LogP contribution in [0, 0.1) is 0 Å². The average Bonchev–Trinajstić information content (AvgIpc) is 3.25. The Kier molecular flexibility index (Phi) is 34.2. The largest absolute Gasteiger partial charge is 0.472 e. The molecule has 0 amide bonds. The van der Waals surface area contributed by atoms with Crippen LogP contribution in [0.5, 0.6) is 0 Å². The second kappa shape index (κ2) is 36.8. The SMILES string of the molecule is CCCCCCCC/C=C\CCCCCCCC(=O)O[C@H](COC(=O)CCC/C=C\C/C=C\C/C=C\C/C=C\[C@@H](O)CCCC)COP(=O)(O)OC1[C@H](O)[C@H](O)C(O)[C@H](O)[C@H]1O. The molecule has 1 fully saturated rings. The number of esters is 2. The zero-order chi connectivity index (χ0) is 45.9. The third-order valence-electron chi connectivity index (χ3n) is 10.4. The number of phosphoric acid groups is 1. The van der Waals surface area contributed by atoms with Gasteiger partial charge in [0.15, 0.2) is 6.10 Å². The fourth-order valence-corrected chi connectivity index (χ4v) is 7.56. The number of aliphatic hydroxyl groups is 6. The summed E-state index contributed by atoms with van der Waals surface area (Å²) in [7, 11) is -5.14. The summed E-state index contributed by atoms with van der Waals surface area (Å²) < 4.78 is 33.4. The Morgan fingerprint density at radius 3 is 1.63 bits per heavy atom. The van der Waals surface area contributed by atoms with Gasteiger partial charge in [0, 0.05) is 12.8 Å². The number of rotatable bonds is 37. The van der Waals surface area contributed by atoms with Crippen LogP contribution in [0.4, 0.5) is 0 Å². The van der Waals surface area contributed by atoms with Crippen molar-refractivity contribution in [1.82, 2.24) is 0 Å². The van der Waals surface area contributed by atoms with Crippen LogP contribution < -0.4 is 0 Å². The van der Waals surface area contributed by atoms with Crippen LogP contribution in [-0.4, -0.2) is 110 Å². The van der Waals surface area contributed by atoms with Crippen LogP contribution in [0.1, 0.15) is 162 Å². The summed E-state index contributed by atoms with van der Waals surface area (Å²) in [6.45, 7) is 3.07. The van der Waals surface area contributed by atoms with E-state index in [2.05, 4.69) is 44.2 Å². The van der Waals surface area contributed by atoms with E-state index < -0.39 is 75.7 Å². The first-order valence-electron chi connectivity index (χ1n) is 23.2. The van der Waals surface area contributed by atoms with E-state index in [9.17, 15) is 49.7 Å². The van der Waals surface area contributed by atoms with Crippen molar-refractivity contribution >= 4 is 19.8 Å². The summed E-state index contributed by atoms with van der Waals surface area (Å²) >= 11 is 0. The monoisotopic (exact) mass is 901 g/mol. The van der Waals surface area contributed by atoms with Gasteiger partial charge in [0.1, 0.15) is 43.2 Å². The minimum absolute atomic E-state index is 0.0648. The van der Waals surface area contributed by atoms with E-state index in [4.69, 9.17) is 18.5 Å². The number of unbranched alkanes of at least 4 members (excludes halogenated alkanes) is 13. The van der Waals surface area contributed by atoms with Crippen LogP contribution in [0.2, 0.25) is 0 Å². The molecule has 1 aliphatic rings. The third kappa shape index (κ3) is 29.1. The van der Waals surface area contributed by atoms with Gasteiger partial charge in [-0.2, -0.15) is 0 Å². The minimum Gasteiger partial charge on any atom is -0.462 e. The molecule has 9 atom stereocenters.